The molecule has 2 atom stereocenters. The van der Waals surface area contributed by atoms with Crippen molar-refractivity contribution in [1.82, 2.24) is 9.55 Å². The van der Waals surface area contributed by atoms with Gasteiger partial charge in [-0.2, -0.15) is 0 Å². The normalized spacial score (nSPS) is 17.8. The number of hydrogen-bond donors (Lipinski definition) is 1. The molecular formula is C24H27N3O6. The zero-order valence-corrected chi connectivity index (χ0v) is 18.9. The summed E-state index contributed by atoms with van der Waals surface area (Å²) in [6, 6.07) is 11.6. The topological polar surface area (TPSA) is 103 Å². The molecule has 174 valence electrons. The van der Waals surface area contributed by atoms with E-state index in [0.29, 0.717) is 23.6 Å². The van der Waals surface area contributed by atoms with E-state index in [1.807, 2.05) is 35.8 Å². The summed E-state index contributed by atoms with van der Waals surface area (Å²) in [5, 5.41) is 10.2. The smallest absolute Gasteiger partial charge is 0.321 e. The Morgan fingerprint density at radius 2 is 1.94 bits per heavy atom. The molecule has 33 heavy (non-hydrogen) atoms. The fourth-order valence-corrected chi connectivity index (χ4v) is 4.23. The fraction of sp³-hybridized carbons (Fsp3) is 0.375. The van der Waals surface area contributed by atoms with Gasteiger partial charge in [0.25, 0.3) is 0 Å². The van der Waals surface area contributed by atoms with E-state index >= 15 is 0 Å². The summed E-state index contributed by atoms with van der Waals surface area (Å²) < 4.78 is 18.0. The van der Waals surface area contributed by atoms with Gasteiger partial charge in [0.15, 0.2) is 17.4 Å². The van der Waals surface area contributed by atoms with Crippen LogP contribution in [0.5, 0.6) is 11.5 Å². The number of ether oxygens (including phenoxy) is 3. The molecule has 0 saturated carbocycles. The van der Waals surface area contributed by atoms with Crippen LogP contribution < -0.4 is 9.64 Å². The lowest BCUT2D eigenvalue weighted by atomic mass is 9.89. The Hall–Kier alpha value is -3.59. The number of hydrogen-bond acceptors (Lipinski definition) is 7. The quantitative estimate of drug-likeness (QED) is 0.413. The number of nitrogens with zero attached hydrogens (tertiary/aromatic N) is 3. The zero-order valence-electron chi connectivity index (χ0n) is 18.9. The molecule has 4 rings (SSSR count). The number of aromatic hydroxyl groups is 1. The van der Waals surface area contributed by atoms with Gasteiger partial charge in [0.05, 0.1) is 43.4 Å². The van der Waals surface area contributed by atoms with Gasteiger partial charge in [-0.05, 0) is 43.7 Å². The first-order valence-electron chi connectivity index (χ1n) is 10.9. The Kier molecular flexibility index (Phi) is 6.50. The predicted molar refractivity (Wildman–Crippen MR) is 121 cm³/mol. The number of benzene rings is 2. The van der Waals surface area contributed by atoms with Crippen molar-refractivity contribution in [3.8, 4) is 11.5 Å². The summed E-state index contributed by atoms with van der Waals surface area (Å²) in [5.41, 5.74) is 2.09. The van der Waals surface area contributed by atoms with Gasteiger partial charge < -0.3 is 23.9 Å². The number of methoxy groups -OCH3 is 1. The number of carbonyl (C=O) groups is 2. The van der Waals surface area contributed by atoms with Gasteiger partial charge >= 0.3 is 5.97 Å². The number of esters is 1. The molecular weight excluding hydrogens is 426 g/mol. The second kappa shape index (κ2) is 9.50. The molecule has 1 N–H and O–H groups in total. The van der Waals surface area contributed by atoms with Crippen LogP contribution in [0.4, 0.5) is 5.95 Å². The molecule has 2 heterocycles. The molecule has 9 heteroatoms. The number of anilines is 1. The molecule has 1 aromatic heterocycles. The summed E-state index contributed by atoms with van der Waals surface area (Å²) in [6.07, 6.45) is 0. The molecule has 3 aromatic rings. The molecule has 2 aromatic carbocycles. The number of imidazole rings is 1. The van der Waals surface area contributed by atoms with E-state index in [-0.39, 0.29) is 31.3 Å². The van der Waals surface area contributed by atoms with Crippen LogP contribution in [-0.2, 0) is 19.1 Å². The number of para-hydroxylation sites is 2. The molecule has 9 nitrogen and oxygen atoms in total. The number of fused-ring (bicyclic) bond motifs is 3. The minimum atomic E-state index is -1.15. The minimum Gasteiger partial charge on any atom is -0.504 e. The van der Waals surface area contributed by atoms with E-state index in [0.717, 1.165) is 5.52 Å². The van der Waals surface area contributed by atoms with Gasteiger partial charge in [-0.25, -0.2) is 4.98 Å². The Labute approximate surface area is 191 Å². The average molecular weight is 453 g/mol. The average Bonchev–Trinajstić information content (AvgIpc) is 3.19. The van der Waals surface area contributed by atoms with E-state index < -0.39 is 23.8 Å². The summed E-state index contributed by atoms with van der Waals surface area (Å²) in [6.45, 7) is 4.53. The van der Waals surface area contributed by atoms with E-state index in [1.165, 1.54) is 11.0 Å². The first-order chi connectivity index (χ1) is 16.0. The maximum Gasteiger partial charge on any atom is 0.321 e. The Balaban J connectivity index is 1.98. The molecule has 0 bridgehead atoms. The monoisotopic (exact) mass is 453 g/mol. The third kappa shape index (κ3) is 4.00. The predicted octanol–water partition coefficient (Wildman–Crippen LogP) is 2.90. The van der Waals surface area contributed by atoms with Gasteiger partial charge in [0, 0.05) is 7.11 Å². The van der Waals surface area contributed by atoms with Crippen LogP contribution >= 0.6 is 0 Å². The molecule has 1 aliphatic heterocycles. The highest BCUT2D eigenvalue weighted by atomic mass is 16.5. The maximum absolute atomic E-state index is 13.7. The van der Waals surface area contributed by atoms with E-state index in [9.17, 15) is 14.7 Å². The lowest BCUT2D eigenvalue weighted by Crippen LogP contribution is -2.51. The van der Waals surface area contributed by atoms with Gasteiger partial charge in [0.2, 0.25) is 11.9 Å². The molecule has 0 unspecified atom stereocenters. The van der Waals surface area contributed by atoms with Gasteiger partial charge in [-0.15, -0.1) is 0 Å². The van der Waals surface area contributed by atoms with Crippen molar-refractivity contribution >= 4 is 28.9 Å². The second-order valence-corrected chi connectivity index (χ2v) is 7.59. The van der Waals surface area contributed by atoms with Crippen LogP contribution in [0.3, 0.4) is 0 Å². The Morgan fingerprint density at radius 3 is 2.67 bits per heavy atom. The maximum atomic E-state index is 13.7. The summed E-state index contributed by atoms with van der Waals surface area (Å²) in [5.74, 6) is -1.50. The summed E-state index contributed by atoms with van der Waals surface area (Å²) in [7, 11) is 1.55. The van der Waals surface area contributed by atoms with Crippen LogP contribution in [0.25, 0.3) is 11.0 Å². The third-order valence-corrected chi connectivity index (χ3v) is 5.63. The van der Waals surface area contributed by atoms with Crippen molar-refractivity contribution < 1.29 is 28.9 Å². The SMILES string of the molecule is CCOC(=O)[C@H]1C(=O)N(CCOC)c2nc3ccccc3n2[C@@H]1c1ccc(O)c(OCC)c1. The number of phenolic OH excluding ortho intramolecular Hbond substituents is 1. The molecule has 0 spiro atoms. The highest BCUT2D eigenvalue weighted by molar-refractivity contribution is 6.08. The fourth-order valence-electron chi connectivity index (χ4n) is 4.23. The number of rotatable bonds is 8. The van der Waals surface area contributed by atoms with Gasteiger partial charge in [0.1, 0.15) is 0 Å². The second-order valence-electron chi connectivity index (χ2n) is 7.59. The molecule has 0 aliphatic carbocycles. The first-order valence-corrected chi connectivity index (χ1v) is 10.9. The van der Waals surface area contributed by atoms with E-state index in [1.54, 1.807) is 26.2 Å². The highest BCUT2D eigenvalue weighted by Crippen LogP contribution is 2.43. The number of amides is 1. The molecule has 1 amide bonds. The third-order valence-electron chi connectivity index (χ3n) is 5.63. The number of phenols is 1. The largest absolute Gasteiger partial charge is 0.504 e. The van der Waals surface area contributed by atoms with Crippen molar-refractivity contribution in [2.24, 2.45) is 5.92 Å². The molecule has 0 saturated heterocycles. The van der Waals surface area contributed by atoms with Gasteiger partial charge in [-0.1, -0.05) is 18.2 Å². The van der Waals surface area contributed by atoms with E-state index in [2.05, 4.69) is 0 Å². The van der Waals surface area contributed by atoms with Crippen molar-refractivity contribution in [2.45, 2.75) is 19.9 Å². The molecule has 1 aliphatic rings. The summed E-state index contributed by atoms with van der Waals surface area (Å²) in [4.78, 5) is 33.0. The van der Waals surface area contributed by atoms with Crippen LogP contribution in [0.1, 0.15) is 25.5 Å². The standard InChI is InChI=1S/C24H27N3O6/c1-4-32-19-14-15(10-11-18(19)28)21-20(23(30)33-5-2)22(29)26(12-13-31-3)24-25-16-8-6-7-9-17(16)27(21)24/h6-11,14,20-21,28H,4-5,12-13H2,1-3H3/t20-,21-/m1/s1. The van der Waals surface area contributed by atoms with E-state index in [4.69, 9.17) is 19.2 Å². The minimum absolute atomic E-state index is 0.0205. The van der Waals surface area contributed by atoms with Crippen molar-refractivity contribution in [1.29, 1.82) is 0 Å². The van der Waals surface area contributed by atoms with Gasteiger partial charge in [-0.3, -0.25) is 14.5 Å². The molecule has 0 fully saturated rings. The van der Waals surface area contributed by atoms with Crippen molar-refractivity contribution in [3.05, 3.63) is 48.0 Å². The van der Waals surface area contributed by atoms with Crippen molar-refractivity contribution in [3.63, 3.8) is 0 Å². The number of aromatic nitrogens is 2. The van der Waals surface area contributed by atoms with Crippen molar-refractivity contribution in [2.75, 3.05) is 38.4 Å². The highest BCUT2D eigenvalue weighted by Gasteiger charge is 2.47. The number of carbonyl (C=O) groups excluding carboxylic acids is 2. The lowest BCUT2D eigenvalue weighted by molar-refractivity contribution is -0.153. The Morgan fingerprint density at radius 1 is 1.15 bits per heavy atom. The van der Waals surface area contributed by atoms with Crippen LogP contribution in [0, 0.1) is 5.92 Å². The van der Waals surface area contributed by atoms with Crippen LogP contribution in [0.2, 0.25) is 0 Å². The summed E-state index contributed by atoms with van der Waals surface area (Å²) >= 11 is 0. The van der Waals surface area contributed by atoms with Crippen LogP contribution in [0.15, 0.2) is 42.5 Å². The Bertz CT molecular complexity index is 1170. The molecule has 0 radical (unpaired) electrons. The van der Waals surface area contributed by atoms with Crippen LogP contribution in [-0.4, -0.2) is 60.0 Å². The lowest BCUT2D eigenvalue weighted by Gasteiger charge is -2.38. The zero-order chi connectivity index (χ0) is 23.5. The first kappa shape index (κ1) is 22.6.